The second-order valence-corrected chi connectivity index (χ2v) is 10.5. The Morgan fingerprint density at radius 1 is 1.25 bits per heavy atom. The van der Waals surface area contributed by atoms with Gasteiger partial charge in [-0.25, -0.2) is 4.39 Å². The molecule has 0 bridgehead atoms. The van der Waals surface area contributed by atoms with Gasteiger partial charge in [-0.3, -0.25) is 13.9 Å². The van der Waals surface area contributed by atoms with Crippen LogP contribution in [0.4, 0.5) is 23.2 Å². The minimum Gasteiger partial charge on any atom is -0.295 e. The van der Waals surface area contributed by atoms with Crippen LogP contribution in [0.2, 0.25) is 0 Å². The van der Waals surface area contributed by atoms with Crippen molar-refractivity contribution in [1.82, 2.24) is 19.0 Å². The summed E-state index contributed by atoms with van der Waals surface area (Å²) < 4.78 is 82.1. The molecule has 0 saturated carbocycles. The lowest BCUT2D eigenvalue weighted by Crippen LogP contribution is -2.57. The zero-order valence-corrected chi connectivity index (χ0v) is 18.6. The second kappa shape index (κ2) is 7.99. The second-order valence-electron chi connectivity index (χ2n) is 8.60. The maximum absolute atomic E-state index is 13.9. The maximum Gasteiger partial charge on any atom is 0.408 e. The first-order valence-corrected chi connectivity index (χ1v) is 11.6. The van der Waals surface area contributed by atoms with E-state index in [4.69, 9.17) is 0 Å². The van der Waals surface area contributed by atoms with Crippen LogP contribution in [-0.2, 0) is 23.3 Å². The van der Waals surface area contributed by atoms with E-state index in [1.165, 1.54) is 40.1 Å². The number of likely N-dealkylation sites (N-methyl/N-ethyl adjacent to an activating group) is 1. The van der Waals surface area contributed by atoms with Gasteiger partial charge in [0.15, 0.2) is 0 Å². The molecule has 2 saturated heterocycles. The molecule has 2 aliphatic heterocycles. The summed E-state index contributed by atoms with van der Waals surface area (Å²) in [5.74, 6) is -0.522. The Kier molecular flexibility index (Phi) is 5.74. The highest BCUT2D eigenvalue weighted by Crippen LogP contribution is 2.44. The number of anilines is 1. The molecule has 2 aliphatic rings. The molecule has 0 unspecified atom stereocenters. The van der Waals surface area contributed by atoms with E-state index >= 15 is 0 Å². The fraction of sp³-hybridized carbons (Fsp3) is 0.550. The molecule has 1 spiro atoms. The van der Waals surface area contributed by atoms with Crippen LogP contribution in [-0.4, -0.2) is 65.3 Å². The van der Waals surface area contributed by atoms with Crippen molar-refractivity contribution < 1.29 is 26.0 Å². The van der Waals surface area contributed by atoms with Crippen LogP contribution in [0.3, 0.4) is 0 Å². The quantitative estimate of drug-likeness (QED) is 0.638. The number of piperidine rings is 1. The van der Waals surface area contributed by atoms with Crippen LogP contribution in [0.1, 0.15) is 25.5 Å². The zero-order valence-electron chi connectivity index (χ0n) is 17.8. The molecule has 3 heterocycles. The Morgan fingerprint density at radius 3 is 2.66 bits per heavy atom. The summed E-state index contributed by atoms with van der Waals surface area (Å²) in [6.45, 7) is 1.79. The Hall–Kier alpha value is -2.18. The molecule has 7 nitrogen and oxygen atoms in total. The van der Waals surface area contributed by atoms with Gasteiger partial charge >= 0.3 is 16.4 Å². The molecule has 0 amide bonds. The minimum absolute atomic E-state index is 0.115. The molecule has 2 atom stereocenters. The highest BCUT2D eigenvalue weighted by Gasteiger charge is 2.55. The number of nitrogens with zero attached hydrogens (tertiary/aromatic N) is 5. The lowest BCUT2D eigenvalue weighted by atomic mass is 9.83. The molecule has 2 aromatic rings. The molecule has 176 valence electrons. The van der Waals surface area contributed by atoms with Gasteiger partial charge in [0.2, 0.25) is 0 Å². The Balaban J connectivity index is 1.57. The highest BCUT2D eigenvalue weighted by atomic mass is 32.2. The van der Waals surface area contributed by atoms with Crippen LogP contribution >= 0.6 is 0 Å². The molecule has 1 aromatic carbocycles. The van der Waals surface area contributed by atoms with Crippen LogP contribution in [0.5, 0.6) is 0 Å². The molecular weight excluding hydrogens is 450 g/mol. The number of alkyl halides is 3. The lowest BCUT2D eigenvalue weighted by molar-refractivity contribution is -0.143. The Morgan fingerprint density at radius 2 is 2.00 bits per heavy atom. The van der Waals surface area contributed by atoms with E-state index in [2.05, 4.69) is 5.10 Å². The monoisotopic (exact) mass is 475 g/mol. The third-order valence-corrected chi connectivity index (χ3v) is 8.25. The van der Waals surface area contributed by atoms with Gasteiger partial charge in [-0.05, 0) is 44.0 Å². The summed E-state index contributed by atoms with van der Waals surface area (Å²) in [6, 6.07) is 6.98. The van der Waals surface area contributed by atoms with Crippen LogP contribution in [0.15, 0.2) is 36.5 Å². The Bertz CT molecular complexity index is 1090. The number of benzene rings is 1. The van der Waals surface area contributed by atoms with Crippen LogP contribution < -0.4 is 4.31 Å². The first-order chi connectivity index (χ1) is 14.9. The number of aromatic nitrogens is 2. The Labute approximate surface area is 184 Å². The fourth-order valence-corrected chi connectivity index (χ4v) is 6.66. The van der Waals surface area contributed by atoms with Crippen molar-refractivity contribution in [2.75, 3.05) is 24.4 Å². The van der Waals surface area contributed by atoms with Crippen molar-refractivity contribution in [1.29, 1.82) is 0 Å². The van der Waals surface area contributed by atoms with E-state index in [9.17, 15) is 26.0 Å². The van der Waals surface area contributed by atoms with Crippen molar-refractivity contribution in [3.63, 3.8) is 0 Å². The molecule has 4 rings (SSSR count). The van der Waals surface area contributed by atoms with Crippen LogP contribution in [0.25, 0.3) is 0 Å². The van der Waals surface area contributed by atoms with Gasteiger partial charge in [0.1, 0.15) is 12.4 Å². The number of hydrogen-bond acceptors (Lipinski definition) is 4. The molecule has 0 aliphatic carbocycles. The van der Waals surface area contributed by atoms with Gasteiger partial charge in [0, 0.05) is 38.9 Å². The number of halogens is 4. The van der Waals surface area contributed by atoms with Crippen molar-refractivity contribution in [2.24, 2.45) is 0 Å². The first kappa shape index (κ1) is 23.0. The third-order valence-electron chi connectivity index (χ3n) is 6.28. The van der Waals surface area contributed by atoms with Gasteiger partial charge in [-0.2, -0.15) is 31.0 Å². The summed E-state index contributed by atoms with van der Waals surface area (Å²) in [5, 5.41) is 3.79. The average Bonchev–Trinajstić information content (AvgIpc) is 3.16. The summed E-state index contributed by atoms with van der Waals surface area (Å²) in [5.41, 5.74) is -0.0368. The third kappa shape index (κ3) is 4.23. The molecule has 0 radical (unpaired) electrons. The number of rotatable bonds is 4. The largest absolute Gasteiger partial charge is 0.408 e. The lowest BCUT2D eigenvalue weighted by Gasteiger charge is -2.47. The van der Waals surface area contributed by atoms with Gasteiger partial charge in [-0.1, -0.05) is 6.07 Å². The normalized spacial score (nSPS) is 26.8. The van der Waals surface area contributed by atoms with E-state index < -0.39 is 34.3 Å². The predicted octanol–water partition coefficient (Wildman–Crippen LogP) is 3.00. The molecular formula is C20H25F4N5O2S. The van der Waals surface area contributed by atoms with Gasteiger partial charge in [0.05, 0.1) is 16.9 Å². The first-order valence-electron chi connectivity index (χ1n) is 10.3. The smallest absolute Gasteiger partial charge is 0.295 e. The van der Waals surface area contributed by atoms with Crippen molar-refractivity contribution >= 4 is 15.9 Å². The topological polar surface area (TPSA) is 61.7 Å². The highest BCUT2D eigenvalue weighted by molar-refractivity contribution is 7.90. The summed E-state index contributed by atoms with van der Waals surface area (Å²) in [4.78, 5) is 2.03. The SMILES string of the molecule is C[C@H]1C[C@]2(CCN1Cc1ccnn1CC(F)(F)F)CN(C)S(=O)(=O)N2c1cccc(F)c1. The molecule has 2 fully saturated rings. The van der Waals surface area contributed by atoms with E-state index in [-0.39, 0.29) is 24.8 Å². The summed E-state index contributed by atoms with van der Waals surface area (Å²) in [7, 11) is -2.32. The minimum atomic E-state index is -4.37. The fourth-order valence-electron chi connectivity index (χ4n) is 4.88. The van der Waals surface area contributed by atoms with E-state index in [0.29, 0.717) is 25.1 Å². The summed E-state index contributed by atoms with van der Waals surface area (Å²) >= 11 is 0. The summed E-state index contributed by atoms with van der Waals surface area (Å²) in [6.07, 6.45) is -2.10. The van der Waals surface area contributed by atoms with Gasteiger partial charge in [0.25, 0.3) is 0 Å². The number of likely N-dealkylation sites (tertiary alicyclic amines) is 1. The molecule has 0 N–H and O–H groups in total. The van der Waals surface area contributed by atoms with Crippen LogP contribution in [0, 0.1) is 5.82 Å². The molecule has 32 heavy (non-hydrogen) atoms. The predicted molar refractivity (Wildman–Crippen MR) is 111 cm³/mol. The standard InChI is InChI=1S/C20H25F4N5O2S/c1-15-11-19(7-9-27(15)12-18-6-8-25-28(18)14-20(22,23)24)13-26(2)32(30,31)29(19)17-5-3-4-16(21)10-17/h3-6,8,10,15H,7,9,11-14H2,1-2H3/t15-,19+/m0/s1. The average molecular weight is 476 g/mol. The molecule has 1 aromatic heterocycles. The maximum atomic E-state index is 13.9. The van der Waals surface area contributed by atoms with Crippen molar-refractivity contribution in [3.05, 3.63) is 48.0 Å². The van der Waals surface area contributed by atoms with E-state index in [1.54, 1.807) is 12.1 Å². The zero-order chi connectivity index (χ0) is 23.3. The van der Waals surface area contributed by atoms with E-state index in [1.807, 2.05) is 11.8 Å². The van der Waals surface area contributed by atoms with Crippen molar-refractivity contribution in [3.8, 4) is 0 Å². The molecule has 12 heteroatoms. The van der Waals surface area contributed by atoms with E-state index in [0.717, 1.165) is 4.68 Å². The number of hydrogen-bond donors (Lipinski definition) is 0. The van der Waals surface area contributed by atoms with Gasteiger partial charge < -0.3 is 0 Å². The van der Waals surface area contributed by atoms with Crippen molar-refractivity contribution in [2.45, 2.75) is 50.6 Å². The van der Waals surface area contributed by atoms with Gasteiger partial charge in [-0.15, -0.1) is 0 Å².